The number of ether oxygens (including phenoxy) is 1. The van der Waals surface area contributed by atoms with Gasteiger partial charge in [0.05, 0.1) is 12.7 Å². The number of thioether (sulfide) groups is 1. The Hall–Kier alpha value is -1.27. The van der Waals surface area contributed by atoms with Gasteiger partial charge in [-0.3, -0.25) is 9.69 Å². The fourth-order valence-corrected chi connectivity index (χ4v) is 3.55. The summed E-state index contributed by atoms with van der Waals surface area (Å²) in [6.07, 6.45) is 4.23. The number of hydrogen-bond donors (Lipinski definition) is 1. The van der Waals surface area contributed by atoms with Gasteiger partial charge in [0.2, 0.25) is 0 Å². The summed E-state index contributed by atoms with van der Waals surface area (Å²) < 4.78 is 18.8. The highest BCUT2D eigenvalue weighted by atomic mass is 32.2. The summed E-state index contributed by atoms with van der Waals surface area (Å²) in [6.45, 7) is 6.95. The van der Waals surface area contributed by atoms with E-state index in [0.29, 0.717) is 17.0 Å². The van der Waals surface area contributed by atoms with Gasteiger partial charge in [-0.05, 0) is 52.1 Å². The number of halogens is 1. The number of nitrogens with one attached hydrogen (secondary N) is 1. The van der Waals surface area contributed by atoms with E-state index in [0.717, 1.165) is 13.1 Å². The zero-order chi connectivity index (χ0) is 17.0. The standard InChI is InChI=1S/C17H25FN2O2S/c1-17(2,20-7-5-6-8-20)11-19-16(21)15-13(22-3)9-12(18)10-14(15)23-4/h9-10H,5-8,11H2,1-4H3,(H,19,21). The van der Waals surface area contributed by atoms with Crippen LogP contribution in [-0.2, 0) is 0 Å². The fourth-order valence-electron chi connectivity index (χ4n) is 2.92. The molecule has 1 fully saturated rings. The first-order valence-corrected chi connectivity index (χ1v) is 9.06. The Morgan fingerprint density at radius 1 is 1.39 bits per heavy atom. The molecule has 4 nitrogen and oxygen atoms in total. The third-order valence-corrected chi connectivity index (χ3v) is 5.10. The van der Waals surface area contributed by atoms with E-state index in [2.05, 4.69) is 24.1 Å². The fraction of sp³-hybridized carbons (Fsp3) is 0.588. The first-order chi connectivity index (χ1) is 10.9. The van der Waals surface area contributed by atoms with E-state index in [-0.39, 0.29) is 17.2 Å². The molecule has 0 unspecified atom stereocenters. The second-order valence-electron chi connectivity index (χ2n) is 6.37. The summed E-state index contributed by atoms with van der Waals surface area (Å²) in [5.74, 6) is -0.357. The second kappa shape index (κ2) is 7.53. The van der Waals surface area contributed by atoms with Crippen LogP contribution in [0.25, 0.3) is 0 Å². The van der Waals surface area contributed by atoms with Crippen LogP contribution < -0.4 is 10.1 Å². The predicted molar refractivity (Wildman–Crippen MR) is 92.0 cm³/mol. The molecule has 0 aromatic heterocycles. The average molecular weight is 340 g/mol. The summed E-state index contributed by atoms with van der Waals surface area (Å²) in [6, 6.07) is 2.62. The number of methoxy groups -OCH3 is 1. The summed E-state index contributed by atoms with van der Waals surface area (Å²) >= 11 is 1.33. The lowest BCUT2D eigenvalue weighted by atomic mass is 10.0. The summed E-state index contributed by atoms with van der Waals surface area (Å²) in [7, 11) is 1.45. The van der Waals surface area contributed by atoms with Crippen molar-refractivity contribution in [1.82, 2.24) is 10.2 Å². The lowest BCUT2D eigenvalue weighted by Gasteiger charge is -2.35. The van der Waals surface area contributed by atoms with Crippen LogP contribution in [0.5, 0.6) is 5.75 Å². The molecule has 6 heteroatoms. The van der Waals surface area contributed by atoms with Crippen molar-refractivity contribution in [3.63, 3.8) is 0 Å². The van der Waals surface area contributed by atoms with Crippen molar-refractivity contribution in [2.45, 2.75) is 37.1 Å². The first kappa shape index (κ1) is 18.1. The molecule has 1 amide bonds. The van der Waals surface area contributed by atoms with Gasteiger partial charge in [-0.15, -0.1) is 11.8 Å². The Balaban J connectivity index is 2.14. The van der Waals surface area contributed by atoms with Crippen molar-refractivity contribution < 1.29 is 13.9 Å². The van der Waals surface area contributed by atoms with Crippen LogP contribution in [0.4, 0.5) is 4.39 Å². The molecule has 1 aliphatic rings. The molecule has 0 saturated carbocycles. The largest absolute Gasteiger partial charge is 0.496 e. The van der Waals surface area contributed by atoms with Crippen LogP contribution in [0.2, 0.25) is 0 Å². The van der Waals surface area contributed by atoms with Gasteiger partial charge in [-0.25, -0.2) is 4.39 Å². The van der Waals surface area contributed by atoms with Gasteiger partial charge in [-0.2, -0.15) is 0 Å². The van der Waals surface area contributed by atoms with Crippen LogP contribution in [0.15, 0.2) is 17.0 Å². The molecule has 1 heterocycles. The van der Waals surface area contributed by atoms with E-state index >= 15 is 0 Å². The van der Waals surface area contributed by atoms with Gasteiger partial charge in [-0.1, -0.05) is 0 Å². The van der Waals surface area contributed by atoms with E-state index in [1.165, 1.54) is 43.8 Å². The van der Waals surface area contributed by atoms with Gasteiger partial charge in [0.25, 0.3) is 5.91 Å². The van der Waals surface area contributed by atoms with Crippen LogP contribution in [-0.4, -0.2) is 49.3 Å². The van der Waals surface area contributed by atoms with E-state index in [1.807, 2.05) is 6.26 Å². The van der Waals surface area contributed by atoms with Crippen LogP contribution in [0, 0.1) is 5.82 Å². The van der Waals surface area contributed by atoms with Gasteiger partial charge in [0, 0.05) is 23.0 Å². The number of nitrogens with zero attached hydrogens (tertiary/aromatic N) is 1. The molecular weight excluding hydrogens is 315 g/mol. The minimum atomic E-state index is -0.403. The average Bonchev–Trinajstić information content (AvgIpc) is 3.07. The predicted octanol–water partition coefficient (Wildman–Crippen LogP) is 3.16. The minimum Gasteiger partial charge on any atom is -0.496 e. The lowest BCUT2D eigenvalue weighted by molar-refractivity contribution is 0.0896. The Morgan fingerprint density at radius 3 is 2.61 bits per heavy atom. The highest BCUT2D eigenvalue weighted by Crippen LogP contribution is 2.30. The summed E-state index contributed by atoms with van der Waals surface area (Å²) in [5, 5.41) is 2.99. The Labute approximate surface area is 141 Å². The maximum Gasteiger partial charge on any atom is 0.256 e. The third kappa shape index (κ3) is 4.18. The van der Waals surface area contributed by atoms with Crippen molar-refractivity contribution in [3.8, 4) is 5.75 Å². The topological polar surface area (TPSA) is 41.6 Å². The van der Waals surface area contributed by atoms with E-state index in [4.69, 9.17) is 4.74 Å². The maximum atomic E-state index is 13.6. The molecule has 0 bridgehead atoms. The molecule has 1 aromatic rings. The van der Waals surface area contributed by atoms with Crippen molar-refractivity contribution in [2.75, 3.05) is 33.0 Å². The lowest BCUT2D eigenvalue weighted by Crippen LogP contribution is -2.50. The number of carbonyl (C=O) groups excluding carboxylic acids is 1. The van der Waals surface area contributed by atoms with Crippen LogP contribution >= 0.6 is 11.8 Å². The van der Waals surface area contributed by atoms with E-state index in [1.54, 1.807) is 0 Å². The molecule has 0 radical (unpaired) electrons. The molecule has 0 spiro atoms. The van der Waals surface area contributed by atoms with E-state index < -0.39 is 5.82 Å². The zero-order valence-corrected chi connectivity index (χ0v) is 15.1. The number of rotatable bonds is 6. The van der Waals surface area contributed by atoms with Gasteiger partial charge in [0.15, 0.2) is 0 Å². The van der Waals surface area contributed by atoms with E-state index in [9.17, 15) is 9.18 Å². The molecular formula is C17H25FN2O2S. The highest BCUT2D eigenvalue weighted by Gasteiger charge is 2.30. The first-order valence-electron chi connectivity index (χ1n) is 7.84. The van der Waals surface area contributed by atoms with Gasteiger partial charge in [0.1, 0.15) is 11.6 Å². The Kier molecular flexibility index (Phi) is 5.92. The zero-order valence-electron chi connectivity index (χ0n) is 14.2. The molecule has 1 N–H and O–H groups in total. The minimum absolute atomic E-state index is 0.0983. The number of likely N-dealkylation sites (tertiary alicyclic amines) is 1. The summed E-state index contributed by atoms with van der Waals surface area (Å²) in [4.78, 5) is 15.6. The molecule has 2 rings (SSSR count). The van der Waals surface area contributed by atoms with Crippen LogP contribution in [0.1, 0.15) is 37.0 Å². The molecule has 23 heavy (non-hydrogen) atoms. The maximum absolute atomic E-state index is 13.6. The van der Waals surface area contributed by atoms with Crippen molar-refractivity contribution in [1.29, 1.82) is 0 Å². The van der Waals surface area contributed by atoms with Crippen molar-refractivity contribution >= 4 is 17.7 Å². The van der Waals surface area contributed by atoms with Gasteiger partial charge < -0.3 is 10.1 Å². The highest BCUT2D eigenvalue weighted by molar-refractivity contribution is 7.98. The Morgan fingerprint density at radius 2 is 2.04 bits per heavy atom. The second-order valence-corrected chi connectivity index (χ2v) is 7.22. The number of benzene rings is 1. The Bertz CT molecular complexity index is 547. The quantitative estimate of drug-likeness (QED) is 0.808. The molecule has 1 aliphatic heterocycles. The molecule has 128 valence electrons. The number of carbonyl (C=O) groups is 1. The SMILES string of the molecule is COc1cc(F)cc(SC)c1C(=O)NCC(C)(C)N1CCCC1. The molecule has 0 aliphatic carbocycles. The van der Waals surface area contributed by atoms with Crippen molar-refractivity contribution in [2.24, 2.45) is 0 Å². The monoisotopic (exact) mass is 340 g/mol. The molecule has 0 atom stereocenters. The number of hydrogen-bond acceptors (Lipinski definition) is 4. The molecule has 1 aromatic carbocycles. The normalized spacial score (nSPS) is 15.7. The van der Waals surface area contributed by atoms with Crippen LogP contribution in [0.3, 0.4) is 0 Å². The third-order valence-electron chi connectivity index (χ3n) is 4.34. The summed E-state index contributed by atoms with van der Waals surface area (Å²) in [5.41, 5.74) is 0.303. The van der Waals surface area contributed by atoms with Gasteiger partial charge >= 0.3 is 0 Å². The smallest absolute Gasteiger partial charge is 0.256 e. The number of amides is 1. The molecule has 1 saturated heterocycles. The van der Waals surface area contributed by atoms with Crippen molar-refractivity contribution in [3.05, 3.63) is 23.5 Å².